The van der Waals surface area contributed by atoms with E-state index in [4.69, 9.17) is 0 Å². The van der Waals surface area contributed by atoms with Crippen molar-refractivity contribution in [3.05, 3.63) is 23.9 Å². The van der Waals surface area contributed by atoms with E-state index in [1.807, 2.05) is 6.26 Å². The molecule has 1 rings (SSSR count). The van der Waals surface area contributed by atoms with Gasteiger partial charge in [0.2, 0.25) is 0 Å². The van der Waals surface area contributed by atoms with Crippen LogP contribution < -0.4 is 0 Å². The van der Waals surface area contributed by atoms with E-state index in [-0.39, 0.29) is 17.7 Å². The number of thioether (sulfide) groups is 1. The van der Waals surface area contributed by atoms with Crippen LogP contribution in [0, 0.1) is 0 Å². The molecule has 0 radical (unpaired) electrons. The van der Waals surface area contributed by atoms with Crippen LogP contribution in [0.15, 0.2) is 23.4 Å². The van der Waals surface area contributed by atoms with Crippen molar-refractivity contribution in [2.75, 3.05) is 25.3 Å². The van der Waals surface area contributed by atoms with E-state index in [2.05, 4.69) is 4.98 Å². The van der Waals surface area contributed by atoms with E-state index in [0.29, 0.717) is 5.56 Å². The van der Waals surface area contributed by atoms with Gasteiger partial charge in [-0.1, -0.05) is 0 Å². The van der Waals surface area contributed by atoms with E-state index in [9.17, 15) is 13.2 Å². The molecule has 0 saturated carbocycles. The molecule has 19 heavy (non-hydrogen) atoms. The Kier molecular flexibility index (Phi) is 5.37. The van der Waals surface area contributed by atoms with Gasteiger partial charge >= 0.3 is 0 Å². The molecule has 0 fully saturated rings. The fourth-order valence-electron chi connectivity index (χ4n) is 1.58. The average Bonchev–Trinajstić information content (AvgIpc) is 2.35. The van der Waals surface area contributed by atoms with E-state index >= 15 is 0 Å². The second-order valence-electron chi connectivity index (χ2n) is 4.45. The highest BCUT2D eigenvalue weighted by Gasteiger charge is 2.21. The molecule has 1 atom stereocenters. The van der Waals surface area contributed by atoms with Gasteiger partial charge < -0.3 is 4.90 Å². The summed E-state index contributed by atoms with van der Waals surface area (Å²) < 4.78 is 22.5. The van der Waals surface area contributed by atoms with Crippen molar-refractivity contribution in [1.29, 1.82) is 0 Å². The van der Waals surface area contributed by atoms with Gasteiger partial charge in [-0.15, -0.1) is 11.8 Å². The zero-order chi connectivity index (χ0) is 14.6. The van der Waals surface area contributed by atoms with Crippen LogP contribution in [0.2, 0.25) is 0 Å². The Morgan fingerprint density at radius 3 is 2.53 bits per heavy atom. The van der Waals surface area contributed by atoms with Crippen LogP contribution in [0.3, 0.4) is 0 Å². The Labute approximate surface area is 118 Å². The number of rotatable bonds is 5. The maximum absolute atomic E-state index is 12.2. The van der Waals surface area contributed by atoms with Gasteiger partial charge in [-0.2, -0.15) is 0 Å². The van der Waals surface area contributed by atoms with Crippen LogP contribution in [-0.4, -0.2) is 55.6 Å². The van der Waals surface area contributed by atoms with E-state index < -0.39 is 9.84 Å². The summed E-state index contributed by atoms with van der Waals surface area (Å²) in [6.45, 7) is 1.71. The minimum atomic E-state index is -3.11. The third-order valence-electron chi connectivity index (χ3n) is 2.72. The molecule has 7 heteroatoms. The summed E-state index contributed by atoms with van der Waals surface area (Å²) in [6, 6.07) is 3.10. The lowest BCUT2D eigenvalue weighted by atomic mass is 10.2. The maximum atomic E-state index is 12.2. The first-order chi connectivity index (χ1) is 8.74. The summed E-state index contributed by atoms with van der Waals surface area (Å²) in [6.07, 6.45) is 4.58. The maximum Gasteiger partial charge on any atom is 0.255 e. The number of nitrogens with zero attached hydrogens (tertiary/aromatic N) is 2. The number of aromatic nitrogens is 1. The molecule has 1 aromatic heterocycles. The quantitative estimate of drug-likeness (QED) is 0.767. The molecule has 0 N–H and O–H groups in total. The van der Waals surface area contributed by atoms with Gasteiger partial charge in [0.05, 0.1) is 16.3 Å². The smallest absolute Gasteiger partial charge is 0.255 e. The third kappa shape index (κ3) is 4.83. The van der Waals surface area contributed by atoms with Gasteiger partial charge in [-0.05, 0) is 25.3 Å². The molecule has 0 bridgehead atoms. The van der Waals surface area contributed by atoms with Gasteiger partial charge in [0.15, 0.2) is 0 Å². The first-order valence-corrected chi connectivity index (χ1v) is 8.98. The number of carbonyl (C=O) groups is 1. The first-order valence-electron chi connectivity index (χ1n) is 5.69. The molecule has 1 amide bonds. The lowest BCUT2D eigenvalue weighted by Gasteiger charge is -2.24. The van der Waals surface area contributed by atoms with Crippen molar-refractivity contribution in [3.8, 4) is 0 Å². The molecule has 5 nitrogen and oxygen atoms in total. The normalized spacial score (nSPS) is 13.1. The van der Waals surface area contributed by atoms with Crippen LogP contribution in [0.5, 0.6) is 0 Å². The zero-order valence-electron chi connectivity index (χ0n) is 11.5. The van der Waals surface area contributed by atoms with Crippen molar-refractivity contribution in [2.24, 2.45) is 0 Å². The van der Waals surface area contributed by atoms with E-state index in [1.165, 1.54) is 22.9 Å². The van der Waals surface area contributed by atoms with Crippen molar-refractivity contribution in [1.82, 2.24) is 9.88 Å². The fraction of sp³-hybridized carbons (Fsp3) is 0.500. The number of hydrogen-bond acceptors (Lipinski definition) is 5. The third-order valence-corrected chi connectivity index (χ3v) is 4.47. The Hall–Kier alpha value is -1.08. The van der Waals surface area contributed by atoms with Gasteiger partial charge in [-0.3, -0.25) is 4.79 Å². The monoisotopic (exact) mass is 302 g/mol. The standard InChI is InChI=1S/C12H18N2O3S2/c1-9(8-19(4,16)17)14(2)12(15)10-5-6-11(18-3)13-7-10/h5-7,9H,8H2,1-4H3. The average molecular weight is 302 g/mol. The topological polar surface area (TPSA) is 67.3 Å². The summed E-state index contributed by atoms with van der Waals surface area (Å²) in [7, 11) is -1.51. The van der Waals surface area contributed by atoms with E-state index in [1.54, 1.807) is 26.1 Å². The highest BCUT2D eigenvalue weighted by Crippen LogP contribution is 2.13. The highest BCUT2D eigenvalue weighted by atomic mass is 32.2. The Bertz CT molecular complexity index is 541. The van der Waals surface area contributed by atoms with Crippen molar-refractivity contribution in [2.45, 2.75) is 18.0 Å². The second-order valence-corrected chi connectivity index (χ2v) is 7.46. The van der Waals surface area contributed by atoms with Crippen molar-refractivity contribution in [3.63, 3.8) is 0 Å². The molecule has 0 spiro atoms. The zero-order valence-corrected chi connectivity index (χ0v) is 13.1. The largest absolute Gasteiger partial charge is 0.338 e. The first kappa shape index (κ1) is 16.0. The van der Waals surface area contributed by atoms with Crippen LogP contribution in [0.4, 0.5) is 0 Å². The molecular formula is C12H18N2O3S2. The van der Waals surface area contributed by atoms with Gasteiger partial charge in [0.1, 0.15) is 9.84 Å². The van der Waals surface area contributed by atoms with Crippen LogP contribution in [0.25, 0.3) is 0 Å². The number of sulfone groups is 1. The van der Waals surface area contributed by atoms with Gasteiger partial charge in [0, 0.05) is 25.5 Å². The van der Waals surface area contributed by atoms with Crippen molar-refractivity contribution >= 4 is 27.5 Å². The Balaban J connectivity index is 2.80. The molecular weight excluding hydrogens is 284 g/mol. The predicted octanol–water partition coefficient (Wildman–Crippen LogP) is 1.31. The number of amides is 1. The molecule has 0 aliphatic rings. The summed E-state index contributed by atoms with van der Waals surface area (Å²) >= 11 is 1.50. The van der Waals surface area contributed by atoms with Crippen molar-refractivity contribution < 1.29 is 13.2 Å². The molecule has 0 aliphatic heterocycles. The van der Waals surface area contributed by atoms with E-state index in [0.717, 1.165) is 11.3 Å². The number of carbonyl (C=O) groups excluding carboxylic acids is 1. The van der Waals surface area contributed by atoms with Crippen LogP contribution >= 0.6 is 11.8 Å². The molecule has 1 heterocycles. The minimum Gasteiger partial charge on any atom is -0.338 e. The number of pyridine rings is 1. The lowest BCUT2D eigenvalue weighted by molar-refractivity contribution is 0.0756. The lowest BCUT2D eigenvalue weighted by Crippen LogP contribution is -2.39. The van der Waals surface area contributed by atoms with Gasteiger partial charge in [0.25, 0.3) is 5.91 Å². The Morgan fingerprint density at radius 1 is 1.47 bits per heavy atom. The molecule has 106 valence electrons. The van der Waals surface area contributed by atoms with Crippen LogP contribution in [0.1, 0.15) is 17.3 Å². The molecule has 1 unspecified atom stereocenters. The molecule has 1 aromatic rings. The molecule has 0 aliphatic carbocycles. The summed E-state index contributed by atoms with van der Waals surface area (Å²) in [5, 5.41) is 0.836. The predicted molar refractivity (Wildman–Crippen MR) is 77.3 cm³/mol. The number of hydrogen-bond donors (Lipinski definition) is 0. The van der Waals surface area contributed by atoms with Crippen LogP contribution in [-0.2, 0) is 9.84 Å². The summed E-state index contributed by atoms with van der Waals surface area (Å²) in [4.78, 5) is 17.7. The SMILES string of the molecule is CSc1ccc(C(=O)N(C)C(C)CS(C)(=O)=O)cn1. The Morgan fingerprint density at radius 2 is 2.11 bits per heavy atom. The minimum absolute atomic E-state index is 0.0500. The summed E-state index contributed by atoms with van der Waals surface area (Å²) in [5.41, 5.74) is 0.459. The highest BCUT2D eigenvalue weighted by molar-refractivity contribution is 7.98. The summed E-state index contributed by atoms with van der Waals surface area (Å²) in [5.74, 6) is -0.276. The second kappa shape index (κ2) is 6.38. The molecule has 0 saturated heterocycles. The molecule has 0 aromatic carbocycles. The van der Waals surface area contributed by atoms with Gasteiger partial charge in [-0.25, -0.2) is 13.4 Å². The fourth-order valence-corrected chi connectivity index (χ4v) is 3.04.